The molecule has 2 saturated carbocycles. The lowest BCUT2D eigenvalue weighted by Gasteiger charge is -2.29. The van der Waals surface area contributed by atoms with Crippen LogP contribution in [0.5, 0.6) is 0 Å². The van der Waals surface area contributed by atoms with Gasteiger partial charge in [0.15, 0.2) is 5.82 Å². The molecule has 3 unspecified atom stereocenters. The van der Waals surface area contributed by atoms with Gasteiger partial charge in [0.05, 0.1) is 11.4 Å². The van der Waals surface area contributed by atoms with E-state index in [1.54, 1.807) is 0 Å². The SMILES string of the molecule is CCCn1nnnc1C(C)C(CC(C)C)C(=O)NC1CN(CC2CC2)c2ccccc2N(CC2CC2)C1=O. The average Bonchev–Trinajstić information content (AvgIpc) is 3.83. The Morgan fingerprint density at radius 1 is 1.05 bits per heavy atom. The van der Waals surface area contributed by atoms with E-state index in [4.69, 9.17) is 0 Å². The van der Waals surface area contributed by atoms with Crippen LogP contribution in [0.4, 0.5) is 11.4 Å². The van der Waals surface area contributed by atoms with E-state index in [0.29, 0.717) is 37.3 Å². The fraction of sp³-hybridized carbons (Fsp3) is 0.690. The number of fused-ring (bicyclic) bond motifs is 1. The second-order valence-electron chi connectivity index (χ2n) is 12.1. The predicted octanol–water partition coefficient (Wildman–Crippen LogP) is 4.01. The van der Waals surface area contributed by atoms with E-state index >= 15 is 0 Å². The number of hydrogen-bond acceptors (Lipinski definition) is 6. The number of anilines is 2. The van der Waals surface area contributed by atoms with Gasteiger partial charge in [-0.15, -0.1) is 5.10 Å². The quantitative estimate of drug-likeness (QED) is 0.453. The van der Waals surface area contributed by atoms with Crippen LogP contribution in [0.2, 0.25) is 0 Å². The van der Waals surface area contributed by atoms with Crippen LogP contribution in [0, 0.1) is 23.7 Å². The summed E-state index contributed by atoms with van der Waals surface area (Å²) in [5.74, 6) is 1.68. The van der Waals surface area contributed by atoms with Gasteiger partial charge in [-0.05, 0) is 78.8 Å². The monoisotopic (exact) mass is 521 g/mol. The zero-order valence-corrected chi connectivity index (χ0v) is 23.3. The van der Waals surface area contributed by atoms with Crippen molar-refractivity contribution < 1.29 is 9.59 Å². The Morgan fingerprint density at radius 3 is 2.39 bits per heavy atom. The number of benzene rings is 1. The first-order valence-electron chi connectivity index (χ1n) is 14.6. The molecule has 1 aromatic carbocycles. The van der Waals surface area contributed by atoms with Crippen LogP contribution in [0.15, 0.2) is 24.3 Å². The summed E-state index contributed by atoms with van der Waals surface area (Å²) in [7, 11) is 0. The van der Waals surface area contributed by atoms with Crippen molar-refractivity contribution in [3.05, 3.63) is 30.1 Å². The highest BCUT2D eigenvalue weighted by molar-refractivity contribution is 6.03. The number of carbonyl (C=O) groups is 2. The van der Waals surface area contributed by atoms with Gasteiger partial charge in [-0.25, -0.2) is 4.68 Å². The Bertz CT molecular complexity index is 1120. The minimum atomic E-state index is -0.596. The molecule has 206 valence electrons. The first kappa shape index (κ1) is 26.6. The molecule has 9 heteroatoms. The summed E-state index contributed by atoms with van der Waals surface area (Å²) in [5, 5.41) is 15.6. The number of amides is 2. The molecule has 2 aliphatic carbocycles. The topological polar surface area (TPSA) is 96.2 Å². The van der Waals surface area contributed by atoms with Crippen LogP contribution >= 0.6 is 0 Å². The minimum Gasteiger partial charge on any atom is -0.367 e. The fourth-order valence-corrected chi connectivity index (χ4v) is 5.72. The number of tetrazole rings is 1. The van der Waals surface area contributed by atoms with Crippen LogP contribution in [-0.4, -0.2) is 57.7 Å². The predicted molar refractivity (Wildman–Crippen MR) is 148 cm³/mol. The maximum absolute atomic E-state index is 14.1. The van der Waals surface area contributed by atoms with Gasteiger partial charge in [-0.1, -0.05) is 39.8 Å². The van der Waals surface area contributed by atoms with Crippen molar-refractivity contribution in [1.82, 2.24) is 25.5 Å². The lowest BCUT2D eigenvalue weighted by Crippen LogP contribution is -2.54. The molecule has 9 nitrogen and oxygen atoms in total. The Kier molecular flexibility index (Phi) is 8.00. The first-order valence-corrected chi connectivity index (χ1v) is 14.6. The molecule has 2 aromatic rings. The summed E-state index contributed by atoms with van der Waals surface area (Å²) in [6.45, 7) is 11.2. The molecule has 1 aromatic heterocycles. The van der Waals surface area contributed by atoms with Gasteiger partial charge in [-0.3, -0.25) is 9.59 Å². The minimum absolute atomic E-state index is 0.00256. The van der Waals surface area contributed by atoms with Crippen molar-refractivity contribution in [2.24, 2.45) is 23.7 Å². The number of aryl methyl sites for hydroxylation is 1. The van der Waals surface area contributed by atoms with Crippen molar-refractivity contribution in [2.75, 3.05) is 29.4 Å². The first-order chi connectivity index (χ1) is 18.4. The molecular formula is C29H43N7O2. The van der Waals surface area contributed by atoms with Gasteiger partial charge < -0.3 is 15.1 Å². The number of para-hydroxylation sites is 2. The number of carbonyl (C=O) groups excluding carboxylic acids is 2. The second-order valence-corrected chi connectivity index (χ2v) is 12.1. The van der Waals surface area contributed by atoms with E-state index < -0.39 is 6.04 Å². The molecule has 0 saturated heterocycles. The lowest BCUT2D eigenvalue weighted by atomic mass is 9.85. The van der Waals surface area contributed by atoms with Crippen molar-refractivity contribution in [3.8, 4) is 0 Å². The van der Waals surface area contributed by atoms with Crippen molar-refractivity contribution in [3.63, 3.8) is 0 Å². The number of nitrogens with zero attached hydrogens (tertiary/aromatic N) is 6. The van der Waals surface area contributed by atoms with E-state index in [0.717, 1.165) is 49.6 Å². The maximum atomic E-state index is 14.1. The Hall–Kier alpha value is -2.97. The molecule has 1 N–H and O–H groups in total. The third-order valence-corrected chi connectivity index (χ3v) is 8.18. The Morgan fingerprint density at radius 2 is 1.74 bits per heavy atom. The molecule has 3 atom stereocenters. The van der Waals surface area contributed by atoms with Gasteiger partial charge in [0.25, 0.3) is 5.91 Å². The van der Waals surface area contributed by atoms with Crippen LogP contribution in [0.3, 0.4) is 0 Å². The third kappa shape index (κ3) is 6.02. The highest BCUT2D eigenvalue weighted by atomic mass is 16.2. The molecule has 3 aliphatic rings. The van der Waals surface area contributed by atoms with Crippen molar-refractivity contribution in [1.29, 1.82) is 0 Å². The zero-order valence-electron chi connectivity index (χ0n) is 23.3. The normalized spacial score (nSPS) is 21.3. The molecular weight excluding hydrogens is 478 g/mol. The third-order valence-electron chi connectivity index (χ3n) is 8.18. The van der Waals surface area contributed by atoms with Gasteiger partial charge in [-0.2, -0.15) is 0 Å². The molecule has 2 fully saturated rings. The van der Waals surface area contributed by atoms with E-state index in [1.165, 1.54) is 12.8 Å². The fourth-order valence-electron chi connectivity index (χ4n) is 5.72. The summed E-state index contributed by atoms with van der Waals surface area (Å²) in [4.78, 5) is 32.4. The van der Waals surface area contributed by atoms with Crippen LogP contribution in [0.1, 0.15) is 78.0 Å². The standard InChI is InChI=1S/C29H43N7O2/c1-5-14-36-27(31-32-33-36)20(4)23(15-19(2)3)28(37)30-24-18-34(16-21-10-11-21)25-8-6-7-9-26(25)35(29(24)38)17-22-12-13-22/h6-9,19-24H,5,10-18H2,1-4H3,(H,30,37). The molecule has 1 aliphatic heterocycles. The number of hydrogen-bond donors (Lipinski definition) is 1. The van der Waals surface area contributed by atoms with Crippen LogP contribution < -0.4 is 15.1 Å². The molecule has 2 heterocycles. The summed E-state index contributed by atoms with van der Waals surface area (Å²) < 4.78 is 1.81. The molecule has 0 bridgehead atoms. The highest BCUT2D eigenvalue weighted by Crippen LogP contribution is 2.40. The van der Waals surface area contributed by atoms with Crippen LogP contribution in [-0.2, 0) is 16.1 Å². The number of nitrogens with one attached hydrogen (secondary N) is 1. The van der Waals surface area contributed by atoms with Crippen LogP contribution in [0.25, 0.3) is 0 Å². The van der Waals surface area contributed by atoms with Gasteiger partial charge in [0, 0.05) is 38.0 Å². The maximum Gasteiger partial charge on any atom is 0.251 e. The largest absolute Gasteiger partial charge is 0.367 e. The van der Waals surface area contributed by atoms with Gasteiger partial charge in [0.2, 0.25) is 5.91 Å². The van der Waals surface area contributed by atoms with Gasteiger partial charge in [0.1, 0.15) is 6.04 Å². The highest BCUT2D eigenvalue weighted by Gasteiger charge is 2.40. The summed E-state index contributed by atoms with van der Waals surface area (Å²) >= 11 is 0. The molecule has 0 radical (unpaired) electrons. The van der Waals surface area contributed by atoms with Gasteiger partial charge >= 0.3 is 0 Å². The second kappa shape index (κ2) is 11.4. The molecule has 0 spiro atoms. The Labute approximate surface area is 226 Å². The van der Waals surface area contributed by atoms with E-state index in [2.05, 4.69) is 64.7 Å². The average molecular weight is 522 g/mol. The van der Waals surface area contributed by atoms with E-state index in [-0.39, 0.29) is 23.7 Å². The van der Waals surface area contributed by atoms with Crippen molar-refractivity contribution >= 4 is 23.2 Å². The molecule has 5 rings (SSSR count). The van der Waals surface area contributed by atoms with E-state index in [9.17, 15) is 9.59 Å². The number of aromatic nitrogens is 4. The smallest absolute Gasteiger partial charge is 0.251 e. The summed E-state index contributed by atoms with van der Waals surface area (Å²) in [6, 6.07) is 7.67. The molecule has 38 heavy (non-hydrogen) atoms. The summed E-state index contributed by atoms with van der Waals surface area (Å²) in [5.41, 5.74) is 2.09. The number of rotatable bonds is 12. The summed E-state index contributed by atoms with van der Waals surface area (Å²) in [6.07, 6.45) is 6.40. The molecule has 2 amide bonds. The lowest BCUT2D eigenvalue weighted by molar-refractivity contribution is -0.130. The zero-order chi connectivity index (χ0) is 26.8. The van der Waals surface area contributed by atoms with E-state index in [1.807, 2.05) is 22.6 Å². The Balaban J connectivity index is 1.41. The van der Waals surface area contributed by atoms with Crippen molar-refractivity contribution in [2.45, 2.75) is 84.7 Å².